The van der Waals surface area contributed by atoms with Gasteiger partial charge in [-0.05, 0) is 46.7 Å². The van der Waals surface area contributed by atoms with Gasteiger partial charge in [0.05, 0.1) is 16.5 Å². The van der Waals surface area contributed by atoms with Crippen LogP contribution in [0.15, 0.2) is 53.3 Å². The molecule has 1 amide bonds. The summed E-state index contributed by atoms with van der Waals surface area (Å²) >= 11 is 1.39. The number of sulfonamides is 1. The number of hydrogen-bond acceptors (Lipinski definition) is 4. The minimum absolute atomic E-state index is 0.134. The highest BCUT2D eigenvalue weighted by molar-refractivity contribution is 7.93. The fourth-order valence-electron chi connectivity index (χ4n) is 2.46. The Bertz CT molecular complexity index is 1180. The van der Waals surface area contributed by atoms with Crippen molar-refractivity contribution in [2.24, 2.45) is 0 Å². The molecule has 3 rings (SSSR count). The van der Waals surface area contributed by atoms with Crippen LogP contribution in [0.4, 0.5) is 17.6 Å². The van der Waals surface area contributed by atoms with E-state index in [9.17, 15) is 30.8 Å². The van der Waals surface area contributed by atoms with Crippen LogP contribution in [0.25, 0.3) is 16.2 Å². The number of fused-ring (bicyclic) bond motifs is 1. The summed E-state index contributed by atoms with van der Waals surface area (Å²) in [6.07, 6.45) is -3.78. The van der Waals surface area contributed by atoms with Crippen molar-refractivity contribution < 1.29 is 30.8 Å². The van der Waals surface area contributed by atoms with Gasteiger partial charge >= 0.3 is 6.18 Å². The van der Waals surface area contributed by atoms with Gasteiger partial charge in [0.1, 0.15) is 5.82 Å². The number of benzene rings is 2. The molecule has 0 aliphatic carbocycles. The van der Waals surface area contributed by atoms with Crippen molar-refractivity contribution in [2.45, 2.75) is 6.18 Å². The Hall–Kier alpha value is -2.72. The van der Waals surface area contributed by atoms with Crippen LogP contribution in [-0.2, 0) is 16.2 Å². The third-order valence-corrected chi connectivity index (χ3v) is 5.65. The second kappa shape index (κ2) is 7.36. The lowest BCUT2D eigenvalue weighted by atomic mass is 10.1. The Morgan fingerprint density at radius 1 is 1.11 bits per heavy atom. The maximum atomic E-state index is 13.1. The average Bonchev–Trinajstić information content (AvgIpc) is 3.02. The number of halogens is 4. The van der Waals surface area contributed by atoms with E-state index < -0.39 is 39.1 Å². The molecule has 4 nitrogen and oxygen atoms in total. The predicted molar refractivity (Wildman–Crippen MR) is 98.6 cm³/mol. The van der Waals surface area contributed by atoms with E-state index in [1.807, 2.05) is 12.1 Å². The van der Waals surface area contributed by atoms with Crippen LogP contribution in [0, 0.1) is 5.82 Å². The fourth-order valence-corrected chi connectivity index (χ4v) is 4.15. The highest BCUT2D eigenvalue weighted by Crippen LogP contribution is 2.32. The van der Waals surface area contributed by atoms with E-state index in [-0.39, 0.29) is 6.07 Å². The lowest BCUT2D eigenvalue weighted by Crippen LogP contribution is -2.30. The maximum Gasteiger partial charge on any atom is 0.417 e. The zero-order chi connectivity index (χ0) is 20.5. The van der Waals surface area contributed by atoms with Gasteiger partial charge in [-0.15, -0.1) is 11.3 Å². The molecule has 1 heterocycles. The Morgan fingerprint density at radius 2 is 1.82 bits per heavy atom. The van der Waals surface area contributed by atoms with Crippen LogP contribution >= 0.6 is 11.3 Å². The molecule has 10 heteroatoms. The Morgan fingerprint density at radius 3 is 2.54 bits per heavy atom. The second-order valence-corrected chi connectivity index (χ2v) is 8.13. The second-order valence-electron chi connectivity index (χ2n) is 5.65. The molecule has 0 spiro atoms. The number of rotatable bonds is 4. The van der Waals surface area contributed by atoms with E-state index in [1.54, 1.807) is 22.2 Å². The van der Waals surface area contributed by atoms with Crippen LogP contribution < -0.4 is 4.72 Å². The minimum atomic E-state index is -5.02. The first kappa shape index (κ1) is 20.0. The summed E-state index contributed by atoms with van der Waals surface area (Å²) < 4.78 is 78.8. The average molecular weight is 429 g/mol. The molecule has 0 atom stereocenters. The molecule has 0 unspecified atom stereocenters. The van der Waals surface area contributed by atoms with Crippen molar-refractivity contribution in [2.75, 3.05) is 0 Å². The molecule has 0 radical (unpaired) electrons. The summed E-state index contributed by atoms with van der Waals surface area (Å²) in [6, 6.07) is 8.59. The fraction of sp³-hybridized carbons (Fsp3) is 0.0556. The van der Waals surface area contributed by atoms with Crippen LogP contribution in [0.5, 0.6) is 0 Å². The standard InChI is InChI=1S/C18H11F4NO3S2/c19-12-5-6-14(15(9-12)18(20,21)22)17(24)23-28(25,26)8-7-11-10-27-16-4-2-1-3-13(11)16/h1-10H,(H,23,24)/b8-7+. The summed E-state index contributed by atoms with van der Waals surface area (Å²) in [5, 5.41) is 3.19. The lowest BCUT2D eigenvalue weighted by molar-refractivity contribution is -0.138. The Kier molecular flexibility index (Phi) is 5.26. The molecule has 0 saturated heterocycles. The van der Waals surface area contributed by atoms with E-state index in [1.165, 1.54) is 17.4 Å². The zero-order valence-electron chi connectivity index (χ0n) is 13.8. The molecule has 0 saturated carbocycles. The van der Waals surface area contributed by atoms with Crippen molar-refractivity contribution in [3.05, 3.63) is 75.8 Å². The number of carbonyl (C=O) groups excluding carboxylic acids is 1. The van der Waals surface area contributed by atoms with Crippen LogP contribution in [0.2, 0.25) is 0 Å². The van der Waals surface area contributed by atoms with Crippen molar-refractivity contribution >= 4 is 43.4 Å². The highest BCUT2D eigenvalue weighted by Gasteiger charge is 2.36. The van der Waals surface area contributed by atoms with Gasteiger partial charge in [-0.1, -0.05) is 18.2 Å². The van der Waals surface area contributed by atoms with Crippen LogP contribution in [-0.4, -0.2) is 14.3 Å². The quantitative estimate of drug-likeness (QED) is 0.607. The smallest absolute Gasteiger partial charge is 0.268 e. The molecule has 0 aliphatic heterocycles. The van der Waals surface area contributed by atoms with Gasteiger partial charge in [-0.2, -0.15) is 13.2 Å². The molecule has 28 heavy (non-hydrogen) atoms. The summed E-state index contributed by atoms with van der Waals surface area (Å²) in [6.45, 7) is 0. The molecule has 0 fully saturated rings. The van der Waals surface area contributed by atoms with Gasteiger partial charge in [0.25, 0.3) is 15.9 Å². The lowest BCUT2D eigenvalue weighted by Gasteiger charge is -2.12. The molecule has 0 aliphatic rings. The normalized spacial score (nSPS) is 12.6. The first-order valence-electron chi connectivity index (χ1n) is 7.65. The topological polar surface area (TPSA) is 63.2 Å². The van der Waals surface area contributed by atoms with Gasteiger partial charge in [-0.25, -0.2) is 17.5 Å². The SMILES string of the molecule is O=C(NS(=O)(=O)/C=C/c1csc2ccccc12)c1ccc(F)cc1C(F)(F)F. The largest absolute Gasteiger partial charge is 0.417 e. The van der Waals surface area contributed by atoms with E-state index in [0.29, 0.717) is 23.1 Å². The summed E-state index contributed by atoms with van der Waals surface area (Å²) in [5.74, 6) is -2.71. The summed E-state index contributed by atoms with van der Waals surface area (Å²) in [5.41, 5.74) is -1.98. The van der Waals surface area contributed by atoms with Crippen LogP contribution in [0.3, 0.4) is 0 Å². The number of carbonyl (C=O) groups is 1. The molecule has 0 bridgehead atoms. The molecule has 1 N–H and O–H groups in total. The molecular formula is C18H11F4NO3S2. The van der Waals surface area contributed by atoms with Gasteiger partial charge in [-0.3, -0.25) is 4.79 Å². The number of hydrogen-bond donors (Lipinski definition) is 1. The summed E-state index contributed by atoms with van der Waals surface area (Å²) in [4.78, 5) is 12.1. The first-order valence-corrected chi connectivity index (χ1v) is 10.1. The van der Waals surface area contributed by atoms with Crippen molar-refractivity contribution in [3.8, 4) is 0 Å². The Labute approximate surface area is 161 Å². The monoisotopic (exact) mass is 429 g/mol. The minimum Gasteiger partial charge on any atom is -0.268 e. The van der Waals surface area contributed by atoms with E-state index in [2.05, 4.69) is 0 Å². The van der Waals surface area contributed by atoms with Crippen molar-refractivity contribution in [1.29, 1.82) is 0 Å². The number of nitrogens with one attached hydrogen (secondary N) is 1. The number of amides is 1. The maximum absolute atomic E-state index is 13.1. The third-order valence-electron chi connectivity index (χ3n) is 3.70. The number of thiophene rings is 1. The van der Waals surface area contributed by atoms with Crippen LogP contribution in [0.1, 0.15) is 21.5 Å². The number of alkyl halides is 3. The highest BCUT2D eigenvalue weighted by atomic mass is 32.2. The van der Waals surface area contributed by atoms with E-state index in [0.717, 1.165) is 10.1 Å². The van der Waals surface area contributed by atoms with Gasteiger partial charge < -0.3 is 0 Å². The van der Waals surface area contributed by atoms with Crippen molar-refractivity contribution in [1.82, 2.24) is 4.72 Å². The molecular weight excluding hydrogens is 418 g/mol. The summed E-state index contributed by atoms with van der Waals surface area (Å²) in [7, 11) is -4.38. The van der Waals surface area contributed by atoms with Gasteiger partial charge in [0.15, 0.2) is 0 Å². The predicted octanol–water partition coefficient (Wildman–Crippen LogP) is 4.79. The molecule has 2 aromatic carbocycles. The zero-order valence-corrected chi connectivity index (χ0v) is 15.5. The molecule has 3 aromatic rings. The van der Waals surface area contributed by atoms with E-state index in [4.69, 9.17) is 0 Å². The first-order chi connectivity index (χ1) is 13.1. The molecule has 146 valence electrons. The van der Waals surface area contributed by atoms with E-state index >= 15 is 0 Å². The third kappa shape index (κ3) is 4.39. The van der Waals surface area contributed by atoms with Crippen molar-refractivity contribution in [3.63, 3.8) is 0 Å². The van der Waals surface area contributed by atoms with Gasteiger partial charge in [0, 0.05) is 4.70 Å². The molecule has 1 aromatic heterocycles. The Balaban J connectivity index is 1.86. The van der Waals surface area contributed by atoms with Gasteiger partial charge in [0.2, 0.25) is 0 Å².